The zero-order valence-electron chi connectivity index (χ0n) is 10.8. The van der Waals surface area contributed by atoms with Gasteiger partial charge in [-0.15, -0.1) is 0 Å². The van der Waals surface area contributed by atoms with Crippen molar-refractivity contribution in [1.82, 2.24) is 10.2 Å². The summed E-state index contributed by atoms with van der Waals surface area (Å²) in [5.41, 5.74) is 1.41. The first-order valence-electron chi connectivity index (χ1n) is 6.20. The standard InChI is InChI=1S/C14H21ClN2/c1-11-8-16-14(2,3)10-17(11)9-12-6-4-5-7-13(12)15/h4-7,11,16H,8-10H2,1-3H3. The minimum absolute atomic E-state index is 0.188. The monoisotopic (exact) mass is 252 g/mol. The highest BCUT2D eigenvalue weighted by Crippen LogP contribution is 2.21. The summed E-state index contributed by atoms with van der Waals surface area (Å²) in [5, 5.41) is 4.44. The van der Waals surface area contributed by atoms with Crippen LogP contribution in [0, 0.1) is 0 Å². The molecule has 1 N–H and O–H groups in total. The lowest BCUT2D eigenvalue weighted by Crippen LogP contribution is -2.60. The van der Waals surface area contributed by atoms with Crippen molar-refractivity contribution in [3.05, 3.63) is 34.9 Å². The molecule has 1 aromatic rings. The van der Waals surface area contributed by atoms with Crippen LogP contribution in [0.25, 0.3) is 0 Å². The lowest BCUT2D eigenvalue weighted by atomic mass is 9.98. The Labute approximate surface area is 109 Å². The average Bonchev–Trinajstić information content (AvgIpc) is 2.26. The van der Waals surface area contributed by atoms with Gasteiger partial charge in [0.25, 0.3) is 0 Å². The summed E-state index contributed by atoms with van der Waals surface area (Å²) in [7, 11) is 0. The third-order valence-electron chi connectivity index (χ3n) is 3.43. The maximum atomic E-state index is 6.22. The SMILES string of the molecule is CC1CNC(C)(C)CN1Cc1ccccc1Cl. The van der Waals surface area contributed by atoms with Gasteiger partial charge in [-0.3, -0.25) is 4.90 Å². The van der Waals surface area contributed by atoms with Gasteiger partial charge in [0.2, 0.25) is 0 Å². The molecule has 1 heterocycles. The first-order chi connectivity index (χ1) is 7.98. The molecule has 0 amide bonds. The van der Waals surface area contributed by atoms with Crippen molar-refractivity contribution >= 4 is 11.6 Å². The minimum Gasteiger partial charge on any atom is -0.309 e. The van der Waals surface area contributed by atoms with E-state index >= 15 is 0 Å². The van der Waals surface area contributed by atoms with Gasteiger partial charge in [-0.05, 0) is 32.4 Å². The number of benzene rings is 1. The van der Waals surface area contributed by atoms with E-state index in [-0.39, 0.29) is 5.54 Å². The third kappa shape index (κ3) is 3.21. The highest BCUT2D eigenvalue weighted by atomic mass is 35.5. The highest BCUT2D eigenvalue weighted by molar-refractivity contribution is 6.31. The van der Waals surface area contributed by atoms with Gasteiger partial charge in [-0.25, -0.2) is 0 Å². The molecule has 0 radical (unpaired) electrons. The molecule has 1 aromatic carbocycles. The second-order valence-electron chi connectivity index (χ2n) is 5.61. The van der Waals surface area contributed by atoms with Gasteiger partial charge in [-0.1, -0.05) is 29.8 Å². The van der Waals surface area contributed by atoms with Crippen molar-refractivity contribution in [1.29, 1.82) is 0 Å². The largest absolute Gasteiger partial charge is 0.309 e. The van der Waals surface area contributed by atoms with E-state index in [1.165, 1.54) is 5.56 Å². The summed E-state index contributed by atoms with van der Waals surface area (Å²) in [4.78, 5) is 2.50. The van der Waals surface area contributed by atoms with Gasteiger partial charge in [0.05, 0.1) is 0 Å². The Morgan fingerprint density at radius 3 is 2.82 bits per heavy atom. The molecule has 0 aromatic heterocycles. The number of hydrogen-bond donors (Lipinski definition) is 1. The van der Waals surface area contributed by atoms with E-state index in [1.54, 1.807) is 0 Å². The normalized spacial score (nSPS) is 24.8. The quantitative estimate of drug-likeness (QED) is 0.871. The van der Waals surface area contributed by atoms with E-state index in [4.69, 9.17) is 11.6 Å². The lowest BCUT2D eigenvalue weighted by molar-refractivity contribution is 0.0978. The Hall–Kier alpha value is -0.570. The van der Waals surface area contributed by atoms with Crippen molar-refractivity contribution in [3.8, 4) is 0 Å². The molecule has 1 aliphatic rings. The number of nitrogens with one attached hydrogen (secondary N) is 1. The molecule has 0 spiro atoms. The Bertz CT molecular complexity index is 390. The molecule has 3 heteroatoms. The van der Waals surface area contributed by atoms with Crippen molar-refractivity contribution in [2.24, 2.45) is 0 Å². The predicted octanol–water partition coefficient (Wildman–Crippen LogP) is 2.91. The van der Waals surface area contributed by atoms with E-state index in [2.05, 4.69) is 43.1 Å². The van der Waals surface area contributed by atoms with E-state index in [9.17, 15) is 0 Å². The minimum atomic E-state index is 0.188. The van der Waals surface area contributed by atoms with Crippen LogP contribution in [-0.4, -0.2) is 29.6 Å². The molecule has 1 atom stereocenters. The Morgan fingerprint density at radius 2 is 2.12 bits per heavy atom. The smallest absolute Gasteiger partial charge is 0.0451 e. The molecule has 1 aliphatic heterocycles. The fourth-order valence-corrected chi connectivity index (χ4v) is 2.53. The fourth-order valence-electron chi connectivity index (χ4n) is 2.33. The van der Waals surface area contributed by atoms with Gasteiger partial charge in [0.15, 0.2) is 0 Å². The van der Waals surface area contributed by atoms with Crippen molar-refractivity contribution in [2.75, 3.05) is 13.1 Å². The number of halogens is 1. The van der Waals surface area contributed by atoms with Crippen LogP contribution in [0.15, 0.2) is 24.3 Å². The first-order valence-corrected chi connectivity index (χ1v) is 6.58. The molecule has 2 rings (SSSR count). The van der Waals surface area contributed by atoms with Gasteiger partial charge in [0, 0.05) is 36.2 Å². The van der Waals surface area contributed by atoms with Crippen LogP contribution >= 0.6 is 11.6 Å². The second kappa shape index (κ2) is 4.97. The zero-order chi connectivity index (χ0) is 12.5. The summed E-state index contributed by atoms with van der Waals surface area (Å²) >= 11 is 6.22. The van der Waals surface area contributed by atoms with E-state index in [0.717, 1.165) is 24.7 Å². The van der Waals surface area contributed by atoms with Gasteiger partial charge >= 0.3 is 0 Å². The first kappa shape index (κ1) is 12.9. The van der Waals surface area contributed by atoms with Crippen LogP contribution < -0.4 is 5.32 Å². The van der Waals surface area contributed by atoms with E-state index in [0.29, 0.717) is 6.04 Å². The van der Waals surface area contributed by atoms with Crippen LogP contribution in [0.4, 0.5) is 0 Å². The molecule has 0 bridgehead atoms. The summed E-state index contributed by atoms with van der Waals surface area (Å²) in [6, 6.07) is 8.68. The van der Waals surface area contributed by atoms with Gasteiger partial charge in [0.1, 0.15) is 0 Å². The molecular weight excluding hydrogens is 232 g/mol. The molecule has 94 valence electrons. The van der Waals surface area contributed by atoms with Crippen molar-refractivity contribution < 1.29 is 0 Å². The zero-order valence-corrected chi connectivity index (χ0v) is 11.6. The number of rotatable bonds is 2. The number of piperazine rings is 1. The van der Waals surface area contributed by atoms with Crippen molar-refractivity contribution in [2.45, 2.75) is 38.9 Å². The number of hydrogen-bond acceptors (Lipinski definition) is 2. The fraction of sp³-hybridized carbons (Fsp3) is 0.571. The molecule has 1 unspecified atom stereocenters. The maximum Gasteiger partial charge on any atom is 0.0451 e. The predicted molar refractivity (Wildman–Crippen MR) is 73.4 cm³/mol. The Morgan fingerprint density at radius 1 is 1.41 bits per heavy atom. The average molecular weight is 253 g/mol. The number of nitrogens with zero attached hydrogens (tertiary/aromatic N) is 1. The van der Waals surface area contributed by atoms with E-state index < -0.39 is 0 Å². The highest BCUT2D eigenvalue weighted by Gasteiger charge is 2.30. The maximum absolute atomic E-state index is 6.22. The Balaban J connectivity index is 2.10. The molecule has 2 nitrogen and oxygen atoms in total. The summed E-state index contributed by atoms with van der Waals surface area (Å²) in [6.07, 6.45) is 0. The molecule has 17 heavy (non-hydrogen) atoms. The Kier molecular flexibility index (Phi) is 3.76. The van der Waals surface area contributed by atoms with Crippen LogP contribution in [-0.2, 0) is 6.54 Å². The second-order valence-corrected chi connectivity index (χ2v) is 6.02. The molecule has 1 saturated heterocycles. The summed E-state index contributed by atoms with van der Waals surface area (Å²) < 4.78 is 0. The topological polar surface area (TPSA) is 15.3 Å². The third-order valence-corrected chi connectivity index (χ3v) is 3.80. The molecule has 0 saturated carbocycles. The van der Waals surface area contributed by atoms with Crippen LogP contribution in [0.5, 0.6) is 0 Å². The molecule has 1 fully saturated rings. The van der Waals surface area contributed by atoms with Gasteiger partial charge in [-0.2, -0.15) is 0 Å². The van der Waals surface area contributed by atoms with E-state index in [1.807, 2.05) is 12.1 Å². The molecule has 0 aliphatic carbocycles. The van der Waals surface area contributed by atoms with Crippen LogP contribution in [0.1, 0.15) is 26.3 Å². The lowest BCUT2D eigenvalue weighted by Gasteiger charge is -2.43. The summed E-state index contributed by atoms with van der Waals surface area (Å²) in [6.45, 7) is 9.79. The molecular formula is C14H21ClN2. The van der Waals surface area contributed by atoms with Gasteiger partial charge < -0.3 is 5.32 Å². The van der Waals surface area contributed by atoms with Crippen LogP contribution in [0.3, 0.4) is 0 Å². The van der Waals surface area contributed by atoms with Crippen LogP contribution in [0.2, 0.25) is 5.02 Å². The summed E-state index contributed by atoms with van der Waals surface area (Å²) in [5.74, 6) is 0. The van der Waals surface area contributed by atoms with Crippen molar-refractivity contribution in [3.63, 3.8) is 0 Å².